The maximum absolute atomic E-state index is 2.67. The minimum Gasteiger partial charge on any atom is -0.0882 e. The zero-order chi connectivity index (χ0) is 18.5. The van der Waals surface area contributed by atoms with Gasteiger partial charge >= 0.3 is 0 Å². The van der Waals surface area contributed by atoms with Crippen LogP contribution < -0.4 is 0 Å². The van der Waals surface area contributed by atoms with Gasteiger partial charge in [-0.25, -0.2) is 0 Å². The Labute approximate surface area is 166 Å². The Morgan fingerprint density at radius 2 is 1.74 bits per heavy atom. The molecule has 4 aliphatic rings. The third kappa shape index (κ3) is 2.78. The quantitative estimate of drug-likeness (QED) is 0.494. The van der Waals surface area contributed by atoms with Crippen LogP contribution in [0.2, 0.25) is 0 Å². The van der Waals surface area contributed by atoms with E-state index in [2.05, 4.69) is 62.4 Å². The lowest BCUT2D eigenvalue weighted by molar-refractivity contribution is -0.0827. The predicted molar refractivity (Wildman–Crippen MR) is 114 cm³/mol. The number of fused-ring (bicyclic) bond motifs is 5. The second kappa shape index (κ2) is 6.64. The van der Waals surface area contributed by atoms with Crippen molar-refractivity contribution in [1.29, 1.82) is 0 Å². The molecule has 27 heavy (non-hydrogen) atoms. The Bertz CT molecular complexity index is 741. The predicted octanol–water partition coefficient (Wildman–Crippen LogP) is 7.36. The first kappa shape index (κ1) is 17.8. The largest absolute Gasteiger partial charge is 0.0882 e. The van der Waals surface area contributed by atoms with Gasteiger partial charge in [-0.05, 0) is 97.9 Å². The Morgan fingerprint density at radius 3 is 2.59 bits per heavy atom. The van der Waals surface area contributed by atoms with Gasteiger partial charge in [0.1, 0.15) is 0 Å². The number of allylic oxidation sites excluding steroid dienone is 4. The molecule has 0 N–H and O–H groups in total. The summed E-state index contributed by atoms with van der Waals surface area (Å²) in [6, 6.07) is 11.1. The molecule has 2 saturated carbocycles. The van der Waals surface area contributed by atoms with Crippen LogP contribution in [-0.4, -0.2) is 0 Å². The Hall–Kier alpha value is -1.30. The van der Waals surface area contributed by atoms with Gasteiger partial charge < -0.3 is 0 Å². The lowest BCUT2D eigenvalue weighted by Crippen LogP contribution is -2.51. The fourth-order valence-corrected chi connectivity index (χ4v) is 7.81. The van der Waals surface area contributed by atoms with E-state index in [4.69, 9.17) is 0 Å². The van der Waals surface area contributed by atoms with Gasteiger partial charge in [0.25, 0.3) is 0 Å². The van der Waals surface area contributed by atoms with Crippen LogP contribution in [0, 0.1) is 34.5 Å². The molecule has 0 heteroatoms. The van der Waals surface area contributed by atoms with Gasteiger partial charge in [-0.3, -0.25) is 0 Å². The second-order valence-electron chi connectivity index (χ2n) is 10.5. The fourth-order valence-electron chi connectivity index (χ4n) is 7.81. The Kier molecular flexibility index (Phi) is 4.37. The lowest BCUT2D eigenvalue weighted by atomic mass is 9.45. The van der Waals surface area contributed by atoms with Gasteiger partial charge in [-0.15, -0.1) is 0 Å². The van der Waals surface area contributed by atoms with E-state index in [1.54, 1.807) is 5.57 Å². The van der Waals surface area contributed by atoms with Gasteiger partial charge in [0.2, 0.25) is 0 Å². The van der Waals surface area contributed by atoms with E-state index in [9.17, 15) is 0 Å². The van der Waals surface area contributed by atoms with E-state index in [0.29, 0.717) is 10.8 Å². The molecule has 144 valence electrons. The molecule has 0 spiro atoms. The first-order chi connectivity index (χ1) is 13.1. The molecule has 0 amide bonds. The molecular weight excluding hydrogens is 324 g/mol. The highest BCUT2D eigenvalue weighted by Gasteiger charge is 2.57. The smallest absolute Gasteiger partial charge is 0.00822 e. The topological polar surface area (TPSA) is 0 Å². The molecule has 0 saturated heterocycles. The van der Waals surface area contributed by atoms with Gasteiger partial charge in [0.15, 0.2) is 0 Å². The standard InChI is InChI=1S/C27H36/c1-26-18-7-6-10-21(26)13-15-23-24-16-14-22(27(24,2)19-17-25(23)26)12-11-20-8-4-3-5-9-20/h3-9,14,21,23-25H,10-13,15-19H2,1-2H3/t21-,23+,24-,25+,26-,27-/m0/s1. The van der Waals surface area contributed by atoms with E-state index >= 15 is 0 Å². The molecule has 0 aliphatic heterocycles. The number of benzene rings is 1. The minimum atomic E-state index is 0.490. The molecule has 6 atom stereocenters. The normalized spacial score (nSPS) is 42.8. The number of hydrogen-bond donors (Lipinski definition) is 0. The molecule has 0 radical (unpaired) electrons. The first-order valence-electron chi connectivity index (χ1n) is 11.5. The monoisotopic (exact) mass is 360 g/mol. The van der Waals surface area contributed by atoms with Gasteiger partial charge in [0, 0.05) is 0 Å². The first-order valence-corrected chi connectivity index (χ1v) is 11.5. The van der Waals surface area contributed by atoms with Crippen molar-refractivity contribution in [3.05, 3.63) is 59.7 Å². The van der Waals surface area contributed by atoms with E-state index in [0.717, 1.165) is 23.7 Å². The average Bonchev–Trinajstić information content (AvgIpc) is 3.03. The van der Waals surface area contributed by atoms with Crippen LogP contribution in [0.15, 0.2) is 54.1 Å². The second-order valence-corrected chi connectivity index (χ2v) is 10.5. The van der Waals surface area contributed by atoms with Crippen LogP contribution in [0.4, 0.5) is 0 Å². The van der Waals surface area contributed by atoms with Crippen molar-refractivity contribution in [2.45, 2.75) is 71.6 Å². The average molecular weight is 361 g/mol. The summed E-state index contributed by atoms with van der Waals surface area (Å²) in [7, 11) is 0. The Balaban J connectivity index is 1.34. The third-order valence-electron chi connectivity index (χ3n) is 9.48. The van der Waals surface area contributed by atoms with Crippen molar-refractivity contribution in [3.8, 4) is 0 Å². The molecule has 2 fully saturated rings. The van der Waals surface area contributed by atoms with E-state index in [1.807, 2.05) is 0 Å². The Morgan fingerprint density at radius 1 is 0.889 bits per heavy atom. The third-order valence-corrected chi connectivity index (χ3v) is 9.48. The molecule has 0 nitrogen and oxygen atoms in total. The SMILES string of the molecule is C[C@]12CC=CC[C@H]1CC[C@H]1[C@H]2CC[C@@]2(C)C(CCc3ccccc3)=CC[C@@H]12. The highest BCUT2D eigenvalue weighted by molar-refractivity contribution is 5.27. The van der Waals surface area contributed by atoms with E-state index in [1.165, 1.54) is 63.4 Å². The molecular formula is C27H36. The van der Waals surface area contributed by atoms with Crippen LogP contribution in [0.25, 0.3) is 0 Å². The van der Waals surface area contributed by atoms with Crippen molar-refractivity contribution < 1.29 is 0 Å². The molecule has 5 rings (SSSR count). The summed E-state index contributed by atoms with van der Waals surface area (Å²) in [6.45, 7) is 5.28. The van der Waals surface area contributed by atoms with Crippen molar-refractivity contribution in [2.75, 3.05) is 0 Å². The summed E-state index contributed by atoms with van der Waals surface area (Å²) in [5.74, 6) is 3.83. The molecule has 1 aromatic rings. The number of rotatable bonds is 3. The van der Waals surface area contributed by atoms with Gasteiger partial charge in [0.05, 0.1) is 0 Å². The maximum Gasteiger partial charge on any atom is -0.00822 e. The summed E-state index contributed by atoms with van der Waals surface area (Å²) in [4.78, 5) is 0. The molecule has 0 aromatic heterocycles. The van der Waals surface area contributed by atoms with Crippen LogP contribution in [-0.2, 0) is 6.42 Å². The molecule has 4 aliphatic carbocycles. The summed E-state index contributed by atoms with van der Waals surface area (Å²) < 4.78 is 0. The molecule has 1 aromatic carbocycles. The summed E-state index contributed by atoms with van der Waals surface area (Å²) >= 11 is 0. The van der Waals surface area contributed by atoms with Gasteiger partial charge in [-0.2, -0.15) is 0 Å². The molecule has 0 heterocycles. The molecule has 0 bridgehead atoms. The summed E-state index contributed by atoms with van der Waals surface area (Å²) in [6.07, 6.45) is 20.1. The van der Waals surface area contributed by atoms with E-state index < -0.39 is 0 Å². The fraction of sp³-hybridized carbons (Fsp3) is 0.630. The van der Waals surface area contributed by atoms with Crippen molar-refractivity contribution in [3.63, 3.8) is 0 Å². The minimum absolute atomic E-state index is 0.490. The van der Waals surface area contributed by atoms with Crippen LogP contribution in [0.1, 0.15) is 70.8 Å². The zero-order valence-electron chi connectivity index (χ0n) is 17.3. The lowest BCUT2D eigenvalue weighted by Gasteiger charge is -2.59. The maximum atomic E-state index is 2.67. The summed E-state index contributed by atoms with van der Waals surface area (Å²) in [5, 5.41) is 0. The highest BCUT2D eigenvalue weighted by atomic mass is 14.6. The van der Waals surface area contributed by atoms with Crippen LogP contribution >= 0.6 is 0 Å². The van der Waals surface area contributed by atoms with Gasteiger partial charge in [-0.1, -0.05) is 68.0 Å². The van der Waals surface area contributed by atoms with Crippen molar-refractivity contribution in [1.82, 2.24) is 0 Å². The van der Waals surface area contributed by atoms with Crippen molar-refractivity contribution >= 4 is 0 Å². The van der Waals surface area contributed by atoms with Crippen LogP contribution in [0.5, 0.6) is 0 Å². The number of aryl methyl sites for hydroxylation is 1. The molecule has 0 unspecified atom stereocenters. The number of hydrogen-bond acceptors (Lipinski definition) is 0. The zero-order valence-corrected chi connectivity index (χ0v) is 17.3. The highest BCUT2D eigenvalue weighted by Crippen LogP contribution is 2.66. The van der Waals surface area contributed by atoms with E-state index in [-0.39, 0.29) is 0 Å². The van der Waals surface area contributed by atoms with Crippen LogP contribution in [0.3, 0.4) is 0 Å². The van der Waals surface area contributed by atoms with Crippen molar-refractivity contribution in [2.24, 2.45) is 34.5 Å². The summed E-state index contributed by atoms with van der Waals surface area (Å²) in [5.41, 5.74) is 4.38.